The Morgan fingerprint density at radius 1 is 1.43 bits per heavy atom. The van der Waals surface area contributed by atoms with E-state index in [0.717, 1.165) is 6.42 Å². The Labute approximate surface area is 87.3 Å². The Kier molecular flexibility index (Phi) is 2.24. The van der Waals surface area contributed by atoms with Gasteiger partial charge < -0.3 is 0 Å². The van der Waals surface area contributed by atoms with Crippen LogP contribution in [0, 0.1) is 16.7 Å². The van der Waals surface area contributed by atoms with E-state index in [2.05, 4.69) is 13.8 Å². The van der Waals surface area contributed by atoms with Crippen molar-refractivity contribution in [3.8, 4) is 0 Å². The van der Waals surface area contributed by atoms with E-state index in [-0.39, 0.29) is 5.92 Å². The third kappa shape index (κ3) is 1.24. The lowest BCUT2D eigenvalue weighted by Crippen LogP contribution is -2.24. The van der Waals surface area contributed by atoms with Gasteiger partial charge in [0.1, 0.15) is 5.78 Å². The summed E-state index contributed by atoms with van der Waals surface area (Å²) in [6, 6.07) is 0. The number of ketones is 1. The first kappa shape index (κ1) is 10.2. The van der Waals surface area contributed by atoms with Crippen LogP contribution in [0.15, 0.2) is 0 Å². The number of rotatable bonds is 4. The molecule has 0 bridgehead atoms. The molecule has 1 heteroatoms. The summed E-state index contributed by atoms with van der Waals surface area (Å²) in [4.78, 5) is 11.3. The summed E-state index contributed by atoms with van der Waals surface area (Å²) < 4.78 is 0. The fourth-order valence-corrected chi connectivity index (χ4v) is 3.58. The van der Waals surface area contributed by atoms with E-state index >= 15 is 0 Å². The minimum Gasteiger partial charge on any atom is -0.300 e. The van der Waals surface area contributed by atoms with Crippen LogP contribution in [0.2, 0.25) is 0 Å². The van der Waals surface area contributed by atoms with Gasteiger partial charge in [-0.15, -0.1) is 0 Å². The van der Waals surface area contributed by atoms with Crippen LogP contribution >= 0.6 is 0 Å². The van der Waals surface area contributed by atoms with E-state index in [1.165, 1.54) is 32.1 Å². The molecule has 2 atom stereocenters. The predicted molar refractivity (Wildman–Crippen MR) is 58.1 cm³/mol. The van der Waals surface area contributed by atoms with Crippen molar-refractivity contribution < 1.29 is 4.79 Å². The molecule has 0 amide bonds. The molecule has 2 aliphatic carbocycles. The fraction of sp³-hybridized carbons (Fsp3) is 0.923. The first-order valence-corrected chi connectivity index (χ1v) is 6.06. The number of Topliss-reactive ketones (excluding diaryl/α,β-unsaturated/α-hetero) is 1. The van der Waals surface area contributed by atoms with Crippen LogP contribution in [0.5, 0.6) is 0 Å². The molecule has 2 saturated carbocycles. The standard InChI is InChI=1S/C13H22O/c1-4-12(8-10(2)11(3)14)9-13(12)6-5-7-13/h10H,4-9H2,1-3H3. The zero-order valence-corrected chi connectivity index (χ0v) is 9.73. The van der Waals surface area contributed by atoms with Crippen molar-refractivity contribution >= 4 is 5.78 Å². The van der Waals surface area contributed by atoms with Crippen LogP contribution < -0.4 is 0 Å². The minimum absolute atomic E-state index is 0.287. The Balaban J connectivity index is 1.99. The van der Waals surface area contributed by atoms with E-state index < -0.39 is 0 Å². The summed E-state index contributed by atoms with van der Waals surface area (Å²) in [5.41, 5.74) is 1.27. The summed E-state index contributed by atoms with van der Waals surface area (Å²) in [6.07, 6.45) is 8.14. The highest BCUT2D eigenvalue weighted by Crippen LogP contribution is 2.77. The molecule has 0 aliphatic heterocycles. The van der Waals surface area contributed by atoms with Gasteiger partial charge in [0.2, 0.25) is 0 Å². The topological polar surface area (TPSA) is 17.1 Å². The summed E-state index contributed by atoms with van der Waals surface area (Å²) in [6.45, 7) is 6.15. The lowest BCUT2D eigenvalue weighted by Gasteiger charge is -2.33. The van der Waals surface area contributed by atoms with Gasteiger partial charge in [0.25, 0.3) is 0 Å². The molecule has 0 heterocycles. The van der Waals surface area contributed by atoms with E-state index in [0.29, 0.717) is 16.6 Å². The van der Waals surface area contributed by atoms with Crippen molar-refractivity contribution in [3.63, 3.8) is 0 Å². The van der Waals surface area contributed by atoms with Crippen molar-refractivity contribution in [3.05, 3.63) is 0 Å². The van der Waals surface area contributed by atoms with Crippen molar-refractivity contribution in [1.82, 2.24) is 0 Å². The molecule has 2 fully saturated rings. The summed E-state index contributed by atoms with van der Waals surface area (Å²) in [7, 11) is 0. The van der Waals surface area contributed by atoms with Gasteiger partial charge in [0, 0.05) is 5.92 Å². The Morgan fingerprint density at radius 3 is 2.36 bits per heavy atom. The highest BCUT2D eigenvalue weighted by atomic mass is 16.1. The van der Waals surface area contributed by atoms with Crippen LogP contribution in [0.4, 0.5) is 0 Å². The van der Waals surface area contributed by atoms with Gasteiger partial charge in [-0.2, -0.15) is 0 Å². The number of carbonyl (C=O) groups is 1. The first-order valence-electron chi connectivity index (χ1n) is 6.06. The molecule has 0 saturated heterocycles. The Hall–Kier alpha value is -0.330. The van der Waals surface area contributed by atoms with E-state index in [1.807, 2.05) is 0 Å². The largest absolute Gasteiger partial charge is 0.300 e. The van der Waals surface area contributed by atoms with Gasteiger partial charge in [-0.3, -0.25) is 4.79 Å². The molecule has 0 radical (unpaired) electrons. The molecular formula is C13H22O. The van der Waals surface area contributed by atoms with Crippen LogP contribution in [0.1, 0.15) is 59.3 Å². The fourth-order valence-electron chi connectivity index (χ4n) is 3.58. The highest BCUT2D eigenvalue weighted by molar-refractivity contribution is 5.78. The molecule has 80 valence electrons. The molecule has 2 aliphatic rings. The smallest absolute Gasteiger partial charge is 0.132 e. The van der Waals surface area contributed by atoms with Gasteiger partial charge >= 0.3 is 0 Å². The maximum absolute atomic E-state index is 11.3. The molecule has 1 spiro atoms. The van der Waals surface area contributed by atoms with Crippen molar-refractivity contribution in [1.29, 1.82) is 0 Å². The average Bonchev–Trinajstić information content (AvgIpc) is 2.74. The SMILES string of the molecule is CCC1(CC(C)C(C)=O)CC12CCC2. The second-order valence-electron chi connectivity index (χ2n) is 5.66. The molecule has 0 aromatic rings. The molecular weight excluding hydrogens is 172 g/mol. The molecule has 0 aromatic heterocycles. The zero-order valence-electron chi connectivity index (χ0n) is 9.73. The lowest BCUT2D eigenvalue weighted by molar-refractivity contribution is -0.121. The third-order valence-electron chi connectivity index (χ3n) is 5.06. The molecule has 14 heavy (non-hydrogen) atoms. The predicted octanol–water partition coefficient (Wildman–Crippen LogP) is 3.57. The van der Waals surface area contributed by atoms with Crippen LogP contribution in [0.3, 0.4) is 0 Å². The maximum Gasteiger partial charge on any atom is 0.132 e. The van der Waals surface area contributed by atoms with E-state index in [1.54, 1.807) is 6.92 Å². The number of hydrogen-bond donors (Lipinski definition) is 0. The molecule has 0 N–H and O–H groups in total. The van der Waals surface area contributed by atoms with Crippen molar-refractivity contribution in [2.75, 3.05) is 0 Å². The number of hydrogen-bond acceptors (Lipinski definition) is 1. The summed E-state index contributed by atoms with van der Waals surface area (Å²) in [5.74, 6) is 0.661. The Morgan fingerprint density at radius 2 is 2.07 bits per heavy atom. The van der Waals surface area contributed by atoms with Crippen LogP contribution in [-0.2, 0) is 4.79 Å². The average molecular weight is 194 g/mol. The lowest BCUT2D eigenvalue weighted by atomic mass is 9.71. The minimum atomic E-state index is 0.287. The first-order chi connectivity index (χ1) is 6.55. The van der Waals surface area contributed by atoms with Crippen LogP contribution in [-0.4, -0.2) is 5.78 Å². The van der Waals surface area contributed by atoms with Gasteiger partial charge in [0.05, 0.1) is 0 Å². The van der Waals surface area contributed by atoms with E-state index in [9.17, 15) is 4.79 Å². The highest BCUT2D eigenvalue weighted by Gasteiger charge is 2.67. The molecule has 2 unspecified atom stereocenters. The maximum atomic E-state index is 11.3. The quantitative estimate of drug-likeness (QED) is 0.668. The second kappa shape index (κ2) is 3.08. The Bertz CT molecular complexity index is 252. The second-order valence-corrected chi connectivity index (χ2v) is 5.66. The van der Waals surface area contributed by atoms with Crippen molar-refractivity contribution in [2.45, 2.75) is 59.3 Å². The normalized spacial score (nSPS) is 35.1. The van der Waals surface area contributed by atoms with Gasteiger partial charge in [-0.25, -0.2) is 0 Å². The summed E-state index contributed by atoms with van der Waals surface area (Å²) >= 11 is 0. The zero-order chi connectivity index (χ0) is 10.4. The number of carbonyl (C=O) groups excluding carboxylic acids is 1. The van der Waals surface area contributed by atoms with Gasteiger partial charge in [0.15, 0.2) is 0 Å². The molecule has 2 rings (SSSR count). The van der Waals surface area contributed by atoms with Crippen LogP contribution in [0.25, 0.3) is 0 Å². The molecule has 0 aromatic carbocycles. The van der Waals surface area contributed by atoms with Gasteiger partial charge in [-0.1, -0.05) is 20.3 Å². The monoisotopic (exact) mass is 194 g/mol. The molecule has 1 nitrogen and oxygen atoms in total. The summed E-state index contributed by atoms with van der Waals surface area (Å²) in [5, 5.41) is 0. The van der Waals surface area contributed by atoms with Gasteiger partial charge in [-0.05, 0) is 49.9 Å². The van der Waals surface area contributed by atoms with Crippen molar-refractivity contribution in [2.24, 2.45) is 16.7 Å². The van der Waals surface area contributed by atoms with E-state index in [4.69, 9.17) is 0 Å². The third-order valence-corrected chi connectivity index (χ3v) is 5.06.